The van der Waals surface area contributed by atoms with Crippen LogP contribution in [0.1, 0.15) is 17.2 Å². The first kappa shape index (κ1) is 15.6. The second kappa shape index (κ2) is 5.58. The van der Waals surface area contributed by atoms with E-state index >= 15 is 0 Å². The molecule has 0 unspecified atom stereocenters. The van der Waals surface area contributed by atoms with Crippen molar-refractivity contribution in [2.24, 2.45) is 0 Å². The summed E-state index contributed by atoms with van der Waals surface area (Å²) in [5.41, 5.74) is -0.160. The highest BCUT2D eigenvalue weighted by atomic mass is 19.1. The standard InChI is InChI=1S/C17H11F4N3O/c18-6-13-14(9-2-1-7(19)4-11(9)21)16-15-10(17(25)24-23-16)3-8(20)5-12(15)22-13/h1-5,13-14,22H,6H2,(H,24,25)/t13-,14-/m0/s1. The Labute approximate surface area is 138 Å². The topological polar surface area (TPSA) is 57.8 Å². The third-order valence-corrected chi connectivity index (χ3v) is 4.38. The normalized spacial score (nSPS) is 19.0. The molecule has 2 aromatic carbocycles. The van der Waals surface area contributed by atoms with Crippen molar-refractivity contribution in [1.29, 1.82) is 0 Å². The summed E-state index contributed by atoms with van der Waals surface area (Å²) in [5, 5.41) is 9.32. The first-order chi connectivity index (χ1) is 12.0. The van der Waals surface area contributed by atoms with Crippen LogP contribution in [0, 0.1) is 17.5 Å². The molecule has 4 rings (SSSR count). The minimum atomic E-state index is -0.948. The van der Waals surface area contributed by atoms with E-state index in [9.17, 15) is 22.4 Å². The van der Waals surface area contributed by atoms with Gasteiger partial charge in [0.15, 0.2) is 0 Å². The molecule has 1 aliphatic heterocycles. The number of halogens is 4. The van der Waals surface area contributed by atoms with E-state index in [2.05, 4.69) is 15.5 Å². The maximum absolute atomic E-state index is 14.3. The van der Waals surface area contributed by atoms with Crippen LogP contribution in [0.15, 0.2) is 35.1 Å². The van der Waals surface area contributed by atoms with Gasteiger partial charge in [-0.3, -0.25) is 4.79 Å². The number of rotatable bonds is 2. The number of benzene rings is 2. The fourth-order valence-corrected chi connectivity index (χ4v) is 3.35. The van der Waals surface area contributed by atoms with E-state index in [1.54, 1.807) is 0 Å². The maximum atomic E-state index is 14.3. The summed E-state index contributed by atoms with van der Waals surface area (Å²) in [6.07, 6.45) is 0. The molecule has 0 saturated carbocycles. The third kappa shape index (κ3) is 2.36. The van der Waals surface area contributed by atoms with Gasteiger partial charge in [-0.25, -0.2) is 22.7 Å². The van der Waals surface area contributed by atoms with Gasteiger partial charge in [-0.1, -0.05) is 6.07 Å². The second-order valence-corrected chi connectivity index (χ2v) is 5.86. The van der Waals surface area contributed by atoms with Gasteiger partial charge in [-0.05, 0) is 23.8 Å². The van der Waals surface area contributed by atoms with Gasteiger partial charge in [0.1, 0.15) is 24.1 Å². The number of aromatic amines is 1. The molecule has 0 amide bonds. The average molecular weight is 349 g/mol. The highest BCUT2D eigenvalue weighted by molar-refractivity contribution is 5.97. The first-order valence-corrected chi connectivity index (χ1v) is 7.49. The fraction of sp³-hybridized carbons (Fsp3) is 0.176. The molecule has 3 aromatic rings. The zero-order valence-electron chi connectivity index (χ0n) is 12.6. The number of alkyl halides is 1. The zero-order chi connectivity index (χ0) is 17.7. The Kier molecular flexibility index (Phi) is 3.48. The summed E-state index contributed by atoms with van der Waals surface area (Å²) in [7, 11) is 0. The largest absolute Gasteiger partial charge is 0.378 e. The number of H-pyrrole nitrogens is 1. The van der Waals surface area contributed by atoms with Gasteiger partial charge >= 0.3 is 0 Å². The van der Waals surface area contributed by atoms with E-state index in [0.29, 0.717) is 11.5 Å². The molecule has 0 saturated heterocycles. The van der Waals surface area contributed by atoms with E-state index in [1.807, 2.05) is 0 Å². The van der Waals surface area contributed by atoms with Crippen molar-refractivity contribution >= 4 is 16.5 Å². The Balaban J connectivity index is 2.05. The zero-order valence-corrected chi connectivity index (χ0v) is 12.6. The van der Waals surface area contributed by atoms with Crippen LogP contribution >= 0.6 is 0 Å². The van der Waals surface area contributed by atoms with Crippen LogP contribution in [0.25, 0.3) is 10.8 Å². The van der Waals surface area contributed by atoms with E-state index in [4.69, 9.17) is 0 Å². The smallest absolute Gasteiger partial charge is 0.272 e. The van der Waals surface area contributed by atoms with Crippen LogP contribution in [0.5, 0.6) is 0 Å². The van der Waals surface area contributed by atoms with Gasteiger partial charge in [-0.15, -0.1) is 0 Å². The van der Waals surface area contributed by atoms with Gasteiger partial charge in [0.25, 0.3) is 5.56 Å². The summed E-state index contributed by atoms with van der Waals surface area (Å²) in [6.45, 7) is -0.903. The lowest BCUT2D eigenvalue weighted by atomic mass is 9.83. The van der Waals surface area contributed by atoms with Crippen LogP contribution in [-0.4, -0.2) is 22.9 Å². The van der Waals surface area contributed by atoms with Gasteiger partial charge < -0.3 is 5.32 Å². The lowest BCUT2D eigenvalue weighted by molar-refractivity contribution is 0.411. The second-order valence-electron chi connectivity index (χ2n) is 5.86. The minimum absolute atomic E-state index is 0.0253. The summed E-state index contributed by atoms with van der Waals surface area (Å²) >= 11 is 0. The molecular formula is C17H11F4N3O. The van der Waals surface area contributed by atoms with Crippen LogP contribution < -0.4 is 10.9 Å². The summed E-state index contributed by atoms with van der Waals surface area (Å²) in [4.78, 5) is 12.0. The Morgan fingerprint density at radius 2 is 1.88 bits per heavy atom. The lowest BCUT2D eigenvalue weighted by Gasteiger charge is -2.32. The molecule has 0 spiro atoms. The van der Waals surface area contributed by atoms with Crippen molar-refractivity contribution in [3.05, 3.63) is 69.4 Å². The monoisotopic (exact) mass is 349 g/mol. The quantitative estimate of drug-likeness (QED) is 0.699. The van der Waals surface area contributed by atoms with Gasteiger partial charge in [0.05, 0.1) is 23.0 Å². The minimum Gasteiger partial charge on any atom is -0.378 e. The Morgan fingerprint density at radius 1 is 1.08 bits per heavy atom. The molecule has 1 aliphatic rings. The number of nitrogens with one attached hydrogen (secondary N) is 2. The first-order valence-electron chi connectivity index (χ1n) is 7.49. The summed E-state index contributed by atoms with van der Waals surface area (Å²) < 4.78 is 54.9. The molecule has 2 heterocycles. The van der Waals surface area contributed by atoms with Crippen molar-refractivity contribution < 1.29 is 17.6 Å². The SMILES string of the molecule is O=c1[nH]nc2c3c(cc(F)cc13)N[C@@H](CF)[C@@H]2c1ccc(F)cc1F. The predicted octanol–water partition coefficient (Wildman–Crippen LogP) is 3.24. The molecule has 8 heteroatoms. The molecule has 0 aliphatic carbocycles. The molecule has 0 bridgehead atoms. The predicted molar refractivity (Wildman–Crippen MR) is 83.9 cm³/mol. The van der Waals surface area contributed by atoms with Crippen LogP contribution in [-0.2, 0) is 0 Å². The fourth-order valence-electron chi connectivity index (χ4n) is 3.35. The van der Waals surface area contributed by atoms with Gasteiger partial charge in [0.2, 0.25) is 0 Å². The van der Waals surface area contributed by atoms with Gasteiger partial charge in [0, 0.05) is 17.1 Å². The van der Waals surface area contributed by atoms with E-state index in [1.165, 1.54) is 6.07 Å². The van der Waals surface area contributed by atoms with E-state index in [0.717, 1.165) is 18.2 Å². The average Bonchev–Trinajstić information content (AvgIpc) is 2.57. The molecule has 4 nitrogen and oxygen atoms in total. The van der Waals surface area contributed by atoms with Crippen LogP contribution in [0.4, 0.5) is 23.2 Å². The Morgan fingerprint density at radius 3 is 2.60 bits per heavy atom. The number of hydrogen-bond acceptors (Lipinski definition) is 3. The third-order valence-electron chi connectivity index (χ3n) is 4.38. The molecule has 1 aromatic heterocycles. The van der Waals surface area contributed by atoms with E-state index in [-0.39, 0.29) is 22.3 Å². The highest BCUT2D eigenvalue weighted by Gasteiger charge is 2.35. The number of aromatic nitrogens is 2. The molecule has 2 N–H and O–H groups in total. The molecule has 0 fully saturated rings. The number of anilines is 1. The van der Waals surface area contributed by atoms with Gasteiger partial charge in [-0.2, -0.15) is 5.10 Å². The highest BCUT2D eigenvalue weighted by Crippen LogP contribution is 2.41. The summed E-state index contributed by atoms with van der Waals surface area (Å²) in [6, 6.07) is 4.21. The van der Waals surface area contributed by atoms with Crippen LogP contribution in [0.2, 0.25) is 0 Å². The molecule has 128 valence electrons. The van der Waals surface area contributed by atoms with E-state index < -0.39 is 41.6 Å². The lowest BCUT2D eigenvalue weighted by Crippen LogP contribution is -2.36. The van der Waals surface area contributed by atoms with Crippen LogP contribution in [0.3, 0.4) is 0 Å². The maximum Gasteiger partial charge on any atom is 0.272 e. The van der Waals surface area contributed by atoms with Crippen molar-refractivity contribution in [2.45, 2.75) is 12.0 Å². The summed E-state index contributed by atoms with van der Waals surface area (Å²) in [5.74, 6) is -3.19. The van der Waals surface area contributed by atoms with Crippen molar-refractivity contribution in [1.82, 2.24) is 10.2 Å². The molecule has 0 radical (unpaired) electrons. The Bertz CT molecular complexity index is 1050. The van der Waals surface area contributed by atoms with Crippen molar-refractivity contribution in [2.75, 3.05) is 12.0 Å². The van der Waals surface area contributed by atoms with Crippen molar-refractivity contribution in [3.63, 3.8) is 0 Å². The Hall–Kier alpha value is -2.90. The van der Waals surface area contributed by atoms with Crippen molar-refractivity contribution in [3.8, 4) is 0 Å². The molecule has 25 heavy (non-hydrogen) atoms. The molecule has 2 atom stereocenters. The number of nitrogens with zero attached hydrogens (tertiary/aromatic N) is 1. The number of hydrogen-bond donors (Lipinski definition) is 2. The molecular weight excluding hydrogens is 338 g/mol.